The summed E-state index contributed by atoms with van der Waals surface area (Å²) >= 11 is 0. The molecule has 3 nitrogen and oxygen atoms in total. The van der Waals surface area contributed by atoms with Crippen LogP contribution < -0.4 is 5.56 Å². The van der Waals surface area contributed by atoms with Gasteiger partial charge in [0.1, 0.15) is 5.76 Å². The van der Waals surface area contributed by atoms with Gasteiger partial charge in [-0.15, -0.1) is 0 Å². The molecular weight excluding hydrogens is 250 g/mol. The number of hydrogen-bond donors (Lipinski definition) is 0. The average Bonchev–Trinajstić information content (AvgIpc) is 2.51. The third kappa shape index (κ3) is 2.26. The number of nitrogens with zero attached hydrogens (tertiary/aromatic N) is 1. The van der Waals surface area contributed by atoms with E-state index in [0.717, 1.165) is 11.1 Å². The molecule has 0 spiro atoms. The highest BCUT2D eigenvalue weighted by Crippen LogP contribution is 2.25. The molecule has 0 unspecified atom stereocenters. The highest BCUT2D eigenvalue weighted by Gasteiger charge is 2.12. The predicted octanol–water partition coefficient (Wildman–Crippen LogP) is 3.68. The molecule has 0 saturated carbocycles. The molecule has 0 aliphatic rings. The molecule has 0 amide bonds. The monoisotopic (exact) mass is 263 g/mol. The number of aromatic nitrogens is 1. The fraction of sp³-hybridized carbons (Fsp3) is 0.0588. The second-order valence-electron chi connectivity index (χ2n) is 4.51. The van der Waals surface area contributed by atoms with E-state index in [2.05, 4.69) is 4.98 Å². The van der Waals surface area contributed by atoms with Crippen molar-refractivity contribution in [2.75, 3.05) is 0 Å². The molecule has 0 bridgehead atoms. The Morgan fingerprint density at radius 1 is 0.850 bits per heavy atom. The van der Waals surface area contributed by atoms with Gasteiger partial charge in [0, 0.05) is 11.1 Å². The van der Waals surface area contributed by atoms with E-state index in [9.17, 15) is 4.79 Å². The summed E-state index contributed by atoms with van der Waals surface area (Å²) in [4.78, 5) is 16.0. The quantitative estimate of drug-likeness (QED) is 0.708. The van der Waals surface area contributed by atoms with Gasteiger partial charge in [0.15, 0.2) is 0 Å². The first-order chi connectivity index (χ1) is 9.75. The lowest BCUT2D eigenvalue weighted by Gasteiger charge is -2.06. The minimum atomic E-state index is -0.256. The van der Waals surface area contributed by atoms with Gasteiger partial charge in [-0.1, -0.05) is 48.5 Å². The molecule has 0 aliphatic carbocycles. The minimum Gasteiger partial charge on any atom is -0.437 e. The number of benzene rings is 2. The molecule has 2 aromatic carbocycles. The highest BCUT2D eigenvalue weighted by atomic mass is 16.3. The molecule has 20 heavy (non-hydrogen) atoms. The Hall–Kier alpha value is -2.68. The SMILES string of the molecule is Cc1c(-c2ccccc2)oc(-c2ccccc2)nc1=O. The Balaban J connectivity index is 2.22. The fourth-order valence-corrected chi connectivity index (χ4v) is 2.04. The molecule has 98 valence electrons. The molecule has 3 rings (SSSR count). The lowest BCUT2D eigenvalue weighted by molar-refractivity contribution is 0.552. The van der Waals surface area contributed by atoms with Gasteiger partial charge < -0.3 is 4.42 Å². The summed E-state index contributed by atoms with van der Waals surface area (Å²) in [6, 6.07) is 19.0. The summed E-state index contributed by atoms with van der Waals surface area (Å²) in [6.07, 6.45) is 0. The molecular formula is C17H13NO2. The smallest absolute Gasteiger partial charge is 0.279 e. The molecule has 1 aromatic heterocycles. The van der Waals surface area contributed by atoms with E-state index in [1.54, 1.807) is 6.92 Å². The van der Waals surface area contributed by atoms with Gasteiger partial charge >= 0.3 is 0 Å². The summed E-state index contributed by atoms with van der Waals surface area (Å²) in [7, 11) is 0. The fourth-order valence-electron chi connectivity index (χ4n) is 2.04. The molecule has 3 aromatic rings. The van der Waals surface area contributed by atoms with Gasteiger partial charge in [0.25, 0.3) is 5.56 Å². The molecule has 0 aliphatic heterocycles. The predicted molar refractivity (Wildman–Crippen MR) is 78.4 cm³/mol. The van der Waals surface area contributed by atoms with Gasteiger partial charge in [0.2, 0.25) is 5.89 Å². The van der Waals surface area contributed by atoms with Crippen molar-refractivity contribution in [2.24, 2.45) is 0 Å². The van der Waals surface area contributed by atoms with Crippen LogP contribution in [0.5, 0.6) is 0 Å². The highest BCUT2D eigenvalue weighted by molar-refractivity contribution is 5.62. The first-order valence-electron chi connectivity index (χ1n) is 6.38. The summed E-state index contributed by atoms with van der Waals surface area (Å²) in [5.74, 6) is 0.921. The Morgan fingerprint density at radius 2 is 1.40 bits per heavy atom. The summed E-state index contributed by atoms with van der Waals surface area (Å²) in [5, 5.41) is 0. The lowest BCUT2D eigenvalue weighted by atomic mass is 10.1. The van der Waals surface area contributed by atoms with Gasteiger partial charge in [-0.05, 0) is 19.1 Å². The van der Waals surface area contributed by atoms with Crippen LogP contribution in [0.4, 0.5) is 0 Å². The van der Waals surface area contributed by atoms with Crippen LogP contribution >= 0.6 is 0 Å². The molecule has 0 radical (unpaired) electrons. The van der Waals surface area contributed by atoms with Crippen molar-refractivity contribution in [2.45, 2.75) is 6.92 Å². The first kappa shape index (κ1) is 12.4. The zero-order valence-corrected chi connectivity index (χ0v) is 11.0. The van der Waals surface area contributed by atoms with E-state index in [4.69, 9.17) is 4.42 Å². The van der Waals surface area contributed by atoms with Crippen LogP contribution in [0.25, 0.3) is 22.8 Å². The minimum absolute atomic E-state index is 0.256. The van der Waals surface area contributed by atoms with Crippen molar-refractivity contribution in [1.82, 2.24) is 4.98 Å². The summed E-state index contributed by atoms with van der Waals surface area (Å²) in [5.41, 5.74) is 1.94. The largest absolute Gasteiger partial charge is 0.437 e. The second-order valence-corrected chi connectivity index (χ2v) is 4.51. The summed E-state index contributed by atoms with van der Waals surface area (Å²) < 4.78 is 5.85. The van der Waals surface area contributed by atoms with Gasteiger partial charge in [-0.2, -0.15) is 4.98 Å². The normalized spacial score (nSPS) is 10.4. The zero-order chi connectivity index (χ0) is 13.9. The Bertz CT molecular complexity index is 777. The Labute approximate surface area is 116 Å². The summed E-state index contributed by atoms with van der Waals surface area (Å²) in [6.45, 7) is 1.73. The topological polar surface area (TPSA) is 43.1 Å². The molecule has 3 heteroatoms. The molecule has 0 atom stereocenters. The third-order valence-electron chi connectivity index (χ3n) is 3.12. The van der Waals surface area contributed by atoms with Crippen LogP contribution in [0.3, 0.4) is 0 Å². The van der Waals surface area contributed by atoms with E-state index in [1.807, 2.05) is 60.7 Å². The van der Waals surface area contributed by atoms with Crippen LogP contribution in [0.2, 0.25) is 0 Å². The number of hydrogen-bond acceptors (Lipinski definition) is 3. The maximum Gasteiger partial charge on any atom is 0.279 e. The van der Waals surface area contributed by atoms with E-state index in [-0.39, 0.29) is 5.56 Å². The van der Waals surface area contributed by atoms with E-state index in [0.29, 0.717) is 17.2 Å². The van der Waals surface area contributed by atoms with Crippen LogP contribution in [-0.2, 0) is 0 Å². The Morgan fingerprint density at radius 3 is 2.00 bits per heavy atom. The standard InChI is InChI=1S/C17H13NO2/c1-12-15(13-8-4-2-5-9-13)20-17(18-16(12)19)14-10-6-3-7-11-14/h2-11H,1H3. The zero-order valence-electron chi connectivity index (χ0n) is 11.0. The van der Waals surface area contributed by atoms with Gasteiger partial charge in [0.05, 0.1) is 5.56 Å². The van der Waals surface area contributed by atoms with Crippen molar-refractivity contribution in [1.29, 1.82) is 0 Å². The van der Waals surface area contributed by atoms with Crippen LogP contribution in [-0.4, -0.2) is 4.98 Å². The average molecular weight is 263 g/mol. The van der Waals surface area contributed by atoms with Crippen molar-refractivity contribution < 1.29 is 4.42 Å². The maximum absolute atomic E-state index is 12.0. The van der Waals surface area contributed by atoms with Crippen LogP contribution in [0.15, 0.2) is 69.9 Å². The maximum atomic E-state index is 12.0. The lowest BCUT2D eigenvalue weighted by Crippen LogP contribution is -2.11. The van der Waals surface area contributed by atoms with Crippen molar-refractivity contribution in [3.8, 4) is 22.8 Å². The van der Waals surface area contributed by atoms with E-state index >= 15 is 0 Å². The van der Waals surface area contributed by atoms with Gasteiger partial charge in [-0.3, -0.25) is 4.79 Å². The second kappa shape index (κ2) is 5.13. The van der Waals surface area contributed by atoms with Gasteiger partial charge in [-0.25, -0.2) is 0 Å². The van der Waals surface area contributed by atoms with Crippen molar-refractivity contribution >= 4 is 0 Å². The molecule has 1 heterocycles. The van der Waals surface area contributed by atoms with Crippen molar-refractivity contribution in [3.63, 3.8) is 0 Å². The van der Waals surface area contributed by atoms with E-state index < -0.39 is 0 Å². The van der Waals surface area contributed by atoms with Crippen LogP contribution in [0, 0.1) is 6.92 Å². The molecule has 0 saturated heterocycles. The number of rotatable bonds is 2. The third-order valence-corrected chi connectivity index (χ3v) is 3.12. The Kier molecular flexibility index (Phi) is 3.17. The molecule has 0 fully saturated rings. The van der Waals surface area contributed by atoms with Crippen molar-refractivity contribution in [3.05, 3.63) is 76.6 Å². The first-order valence-corrected chi connectivity index (χ1v) is 6.38. The van der Waals surface area contributed by atoms with Crippen LogP contribution in [0.1, 0.15) is 5.56 Å². The van der Waals surface area contributed by atoms with E-state index in [1.165, 1.54) is 0 Å². The molecule has 0 N–H and O–H groups in total.